The van der Waals surface area contributed by atoms with Crippen molar-refractivity contribution in [2.45, 2.75) is 58.8 Å². The van der Waals surface area contributed by atoms with E-state index < -0.39 is 6.10 Å². The fourth-order valence-electron chi connectivity index (χ4n) is 2.53. The van der Waals surface area contributed by atoms with Crippen molar-refractivity contribution in [1.29, 1.82) is 0 Å². The maximum absolute atomic E-state index is 12.2. The number of amides is 1. The molecule has 1 heterocycles. The monoisotopic (exact) mass is 291 g/mol. The van der Waals surface area contributed by atoms with Crippen LogP contribution in [0.1, 0.15) is 37.8 Å². The van der Waals surface area contributed by atoms with Gasteiger partial charge in [0, 0.05) is 6.61 Å². The summed E-state index contributed by atoms with van der Waals surface area (Å²) in [7, 11) is 0. The Bertz CT molecular complexity index is 495. The number of hydrogen-bond donors (Lipinski definition) is 1. The number of carbonyl (C=O) groups is 1. The van der Waals surface area contributed by atoms with Gasteiger partial charge < -0.3 is 14.8 Å². The van der Waals surface area contributed by atoms with Gasteiger partial charge in [-0.2, -0.15) is 0 Å². The van der Waals surface area contributed by atoms with Crippen molar-refractivity contribution in [2.75, 3.05) is 6.61 Å². The van der Waals surface area contributed by atoms with Gasteiger partial charge in [-0.15, -0.1) is 0 Å². The van der Waals surface area contributed by atoms with Crippen LogP contribution in [0.4, 0.5) is 0 Å². The molecule has 0 bridgehead atoms. The zero-order valence-electron chi connectivity index (χ0n) is 13.3. The van der Waals surface area contributed by atoms with Crippen LogP contribution in [0.25, 0.3) is 0 Å². The summed E-state index contributed by atoms with van der Waals surface area (Å²) in [6.45, 7) is 8.59. The number of rotatable bonds is 5. The molecule has 1 aliphatic rings. The van der Waals surface area contributed by atoms with E-state index in [1.165, 1.54) is 0 Å². The third kappa shape index (κ3) is 3.97. The number of carbonyl (C=O) groups excluding carboxylic acids is 1. The van der Waals surface area contributed by atoms with Crippen molar-refractivity contribution in [1.82, 2.24) is 5.32 Å². The molecule has 1 aliphatic heterocycles. The smallest absolute Gasteiger partial charge is 0.261 e. The van der Waals surface area contributed by atoms with Crippen molar-refractivity contribution in [3.8, 4) is 5.75 Å². The van der Waals surface area contributed by atoms with Gasteiger partial charge >= 0.3 is 0 Å². The van der Waals surface area contributed by atoms with E-state index in [0.29, 0.717) is 0 Å². The Balaban J connectivity index is 1.91. The molecule has 4 nitrogen and oxygen atoms in total. The average Bonchev–Trinajstić information content (AvgIpc) is 2.98. The fourth-order valence-corrected chi connectivity index (χ4v) is 2.53. The maximum atomic E-state index is 12.2. The molecule has 1 amide bonds. The number of aryl methyl sites for hydroxylation is 1. The number of benzene rings is 1. The molecular formula is C17H25NO3. The van der Waals surface area contributed by atoms with E-state index in [1.807, 2.05) is 39.0 Å². The van der Waals surface area contributed by atoms with Crippen LogP contribution in [-0.2, 0) is 9.53 Å². The summed E-state index contributed by atoms with van der Waals surface area (Å²) in [6.07, 6.45) is 1.68. The van der Waals surface area contributed by atoms with E-state index >= 15 is 0 Å². The second kappa shape index (κ2) is 6.94. The summed E-state index contributed by atoms with van der Waals surface area (Å²) in [5.74, 6) is 0.668. The van der Waals surface area contributed by atoms with Crippen LogP contribution in [-0.4, -0.2) is 30.8 Å². The van der Waals surface area contributed by atoms with Gasteiger partial charge in [0.05, 0.1) is 12.1 Å². The third-order valence-corrected chi connectivity index (χ3v) is 4.12. The maximum Gasteiger partial charge on any atom is 0.261 e. The van der Waals surface area contributed by atoms with Crippen molar-refractivity contribution in [3.05, 3.63) is 29.3 Å². The van der Waals surface area contributed by atoms with Gasteiger partial charge in [-0.1, -0.05) is 12.1 Å². The lowest BCUT2D eigenvalue weighted by molar-refractivity contribution is -0.128. The van der Waals surface area contributed by atoms with Gasteiger partial charge in [0.25, 0.3) is 5.91 Å². The summed E-state index contributed by atoms with van der Waals surface area (Å²) < 4.78 is 11.4. The van der Waals surface area contributed by atoms with Crippen molar-refractivity contribution >= 4 is 5.91 Å². The summed E-state index contributed by atoms with van der Waals surface area (Å²) in [6, 6.07) is 5.89. The molecule has 0 aromatic heterocycles. The summed E-state index contributed by atoms with van der Waals surface area (Å²) in [5, 5.41) is 2.99. The second-order valence-electron chi connectivity index (χ2n) is 5.81. The average molecular weight is 291 g/mol. The van der Waals surface area contributed by atoms with E-state index in [4.69, 9.17) is 9.47 Å². The zero-order chi connectivity index (χ0) is 15.4. The Hall–Kier alpha value is -1.55. The van der Waals surface area contributed by atoms with E-state index in [0.717, 1.165) is 36.3 Å². The van der Waals surface area contributed by atoms with Crippen LogP contribution in [0.3, 0.4) is 0 Å². The first-order valence-corrected chi connectivity index (χ1v) is 7.64. The molecule has 0 spiro atoms. The Morgan fingerprint density at radius 2 is 2.14 bits per heavy atom. The van der Waals surface area contributed by atoms with Gasteiger partial charge in [0.15, 0.2) is 6.10 Å². The van der Waals surface area contributed by atoms with Gasteiger partial charge in [0.2, 0.25) is 0 Å². The van der Waals surface area contributed by atoms with Crippen LogP contribution >= 0.6 is 0 Å². The Labute approximate surface area is 126 Å². The Kier molecular flexibility index (Phi) is 5.23. The van der Waals surface area contributed by atoms with E-state index in [-0.39, 0.29) is 18.1 Å². The van der Waals surface area contributed by atoms with Crippen LogP contribution in [0.15, 0.2) is 18.2 Å². The SMILES string of the molecule is Cc1cccc(O[C@@H](C)C(=O)N[C@@H](C)[C@@H]2CCCO2)c1C. The van der Waals surface area contributed by atoms with Crippen LogP contribution in [0.2, 0.25) is 0 Å². The highest BCUT2D eigenvalue weighted by molar-refractivity contribution is 5.81. The third-order valence-electron chi connectivity index (χ3n) is 4.12. The van der Waals surface area contributed by atoms with Crippen molar-refractivity contribution in [3.63, 3.8) is 0 Å². The highest BCUT2D eigenvalue weighted by Gasteiger charge is 2.26. The minimum Gasteiger partial charge on any atom is -0.481 e. The molecule has 0 aliphatic carbocycles. The normalized spacial score (nSPS) is 20.9. The van der Waals surface area contributed by atoms with Crippen LogP contribution in [0.5, 0.6) is 5.75 Å². The molecule has 1 fully saturated rings. The molecule has 4 heteroatoms. The molecule has 1 saturated heterocycles. The highest BCUT2D eigenvalue weighted by Crippen LogP contribution is 2.22. The largest absolute Gasteiger partial charge is 0.481 e. The first-order valence-electron chi connectivity index (χ1n) is 7.64. The summed E-state index contributed by atoms with van der Waals surface area (Å²) in [5.41, 5.74) is 2.23. The lowest BCUT2D eigenvalue weighted by atomic mass is 10.1. The number of ether oxygens (including phenoxy) is 2. The lowest BCUT2D eigenvalue weighted by Gasteiger charge is -2.23. The van der Waals surface area contributed by atoms with E-state index in [9.17, 15) is 4.79 Å². The molecular weight excluding hydrogens is 266 g/mol. The second-order valence-corrected chi connectivity index (χ2v) is 5.81. The molecule has 1 aromatic rings. The topological polar surface area (TPSA) is 47.6 Å². The molecule has 0 unspecified atom stereocenters. The number of nitrogens with one attached hydrogen (secondary N) is 1. The van der Waals surface area contributed by atoms with E-state index in [1.54, 1.807) is 6.92 Å². The Morgan fingerprint density at radius 3 is 2.81 bits per heavy atom. The van der Waals surface area contributed by atoms with Crippen LogP contribution < -0.4 is 10.1 Å². The number of hydrogen-bond acceptors (Lipinski definition) is 3. The molecule has 116 valence electrons. The lowest BCUT2D eigenvalue weighted by Crippen LogP contribution is -2.46. The Morgan fingerprint density at radius 1 is 1.38 bits per heavy atom. The predicted octanol–water partition coefficient (Wildman–Crippen LogP) is 2.75. The molecule has 21 heavy (non-hydrogen) atoms. The zero-order valence-corrected chi connectivity index (χ0v) is 13.3. The molecule has 0 radical (unpaired) electrons. The molecule has 1 aromatic carbocycles. The summed E-state index contributed by atoms with van der Waals surface area (Å²) in [4.78, 5) is 12.2. The van der Waals surface area contributed by atoms with Gasteiger partial charge in [-0.3, -0.25) is 4.79 Å². The minimum absolute atomic E-state index is 0.0182. The van der Waals surface area contributed by atoms with E-state index in [2.05, 4.69) is 5.32 Å². The summed E-state index contributed by atoms with van der Waals surface area (Å²) >= 11 is 0. The fraction of sp³-hybridized carbons (Fsp3) is 0.588. The van der Waals surface area contributed by atoms with Gasteiger partial charge in [-0.25, -0.2) is 0 Å². The van der Waals surface area contributed by atoms with Crippen molar-refractivity contribution < 1.29 is 14.3 Å². The first-order chi connectivity index (χ1) is 9.99. The molecule has 2 rings (SSSR count). The van der Waals surface area contributed by atoms with Crippen molar-refractivity contribution in [2.24, 2.45) is 0 Å². The minimum atomic E-state index is -0.519. The van der Waals surface area contributed by atoms with Crippen LogP contribution in [0, 0.1) is 13.8 Å². The molecule has 3 atom stereocenters. The quantitative estimate of drug-likeness (QED) is 0.907. The molecule has 0 saturated carbocycles. The van der Waals surface area contributed by atoms with Gasteiger partial charge in [-0.05, 0) is 57.7 Å². The first kappa shape index (κ1) is 15.8. The molecule has 1 N–H and O–H groups in total. The standard InChI is InChI=1S/C17H25NO3/c1-11-7-5-8-15(12(11)2)21-14(4)17(19)18-13(3)16-9-6-10-20-16/h5,7-8,13-14,16H,6,9-10H2,1-4H3,(H,18,19)/t13-,14-,16-/m0/s1. The van der Waals surface area contributed by atoms with Gasteiger partial charge in [0.1, 0.15) is 5.75 Å². The highest BCUT2D eigenvalue weighted by atomic mass is 16.5. The predicted molar refractivity (Wildman–Crippen MR) is 82.6 cm³/mol.